The maximum Gasteiger partial charge on any atom is 0.112 e. The van der Waals surface area contributed by atoms with Crippen molar-refractivity contribution in [3.63, 3.8) is 0 Å². The minimum absolute atomic E-state index is 0.327. The zero-order valence-corrected chi connectivity index (χ0v) is 19.6. The van der Waals surface area contributed by atoms with E-state index in [1.807, 2.05) is 0 Å². The summed E-state index contributed by atoms with van der Waals surface area (Å²) in [6.45, 7) is 16.3. The molecule has 0 spiro atoms. The standard InChI is InChI=1S/C27H40N2/c1-8-21-13-12-14-22(9-2)25(21)28-15-16-29(27(28)19(5)6)26-23(10-3)17-20(7)18-24(26)11-4/h12-17,19-20,27H,8-11,18H2,1-7H3. The molecule has 2 nitrogen and oxygen atoms in total. The first kappa shape index (κ1) is 21.7. The smallest absolute Gasteiger partial charge is 0.112 e. The van der Waals surface area contributed by atoms with Gasteiger partial charge in [0.25, 0.3) is 0 Å². The number of benzene rings is 1. The minimum Gasteiger partial charge on any atom is -0.325 e. The first-order chi connectivity index (χ1) is 14.0. The molecule has 0 N–H and O–H groups in total. The van der Waals surface area contributed by atoms with Crippen molar-refractivity contribution in [1.82, 2.24) is 4.90 Å². The summed E-state index contributed by atoms with van der Waals surface area (Å²) in [5.41, 5.74) is 8.98. The Morgan fingerprint density at radius 3 is 2.03 bits per heavy atom. The monoisotopic (exact) mass is 392 g/mol. The lowest BCUT2D eigenvalue weighted by Crippen LogP contribution is -2.44. The molecule has 3 rings (SSSR count). The summed E-state index contributed by atoms with van der Waals surface area (Å²) in [5.74, 6) is 1.17. The van der Waals surface area contributed by atoms with Crippen molar-refractivity contribution < 1.29 is 0 Å². The van der Waals surface area contributed by atoms with Crippen LogP contribution in [0.25, 0.3) is 0 Å². The second-order valence-electron chi connectivity index (χ2n) is 8.93. The second kappa shape index (κ2) is 9.24. The van der Waals surface area contributed by atoms with Crippen molar-refractivity contribution in [3.05, 3.63) is 64.6 Å². The fraction of sp³-hybridized carbons (Fsp3) is 0.556. The van der Waals surface area contributed by atoms with Gasteiger partial charge in [0.1, 0.15) is 6.17 Å². The number of aryl methyl sites for hydroxylation is 2. The molecule has 1 aliphatic heterocycles. The molecule has 29 heavy (non-hydrogen) atoms. The molecule has 1 aromatic rings. The van der Waals surface area contributed by atoms with Gasteiger partial charge in [-0.2, -0.15) is 0 Å². The van der Waals surface area contributed by atoms with E-state index in [1.165, 1.54) is 34.5 Å². The third kappa shape index (κ3) is 4.04. The summed E-state index contributed by atoms with van der Waals surface area (Å²) in [7, 11) is 0. The molecule has 1 heterocycles. The van der Waals surface area contributed by atoms with E-state index in [0.717, 1.165) is 25.7 Å². The highest BCUT2D eigenvalue weighted by atomic mass is 15.4. The number of para-hydroxylation sites is 1. The third-order valence-corrected chi connectivity index (χ3v) is 6.54. The molecule has 2 heteroatoms. The summed E-state index contributed by atoms with van der Waals surface area (Å²) in [5, 5.41) is 0. The average molecular weight is 393 g/mol. The molecule has 2 aliphatic rings. The van der Waals surface area contributed by atoms with Crippen LogP contribution >= 0.6 is 0 Å². The van der Waals surface area contributed by atoms with Gasteiger partial charge in [-0.1, -0.05) is 72.7 Å². The number of rotatable bonds is 7. The van der Waals surface area contributed by atoms with E-state index in [9.17, 15) is 0 Å². The summed E-state index contributed by atoms with van der Waals surface area (Å²) < 4.78 is 0. The van der Waals surface area contributed by atoms with Gasteiger partial charge in [-0.3, -0.25) is 0 Å². The van der Waals surface area contributed by atoms with E-state index < -0.39 is 0 Å². The van der Waals surface area contributed by atoms with E-state index >= 15 is 0 Å². The number of nitrogens with zero attached hydrogens (tertiary/aromatic N) is 2. The lowest BCUT2D eigenvalue weighted by atomic mass is 9.85. The molecule has 0 amide bonds. The topological polar surface area (TPSA) is 6.48 Å². The maximum absolute atomic E-state index is 2.59. The summed E-state index contributed by atoms with van der Waals surface area (Å²) in [4.78, 5) is 5.16. The molecule has 0 radical (unpaired) electrons. The summed E-state index contributed by atoms with van der Waals surface area (Å²) >= 11 is 0. The van der Waals surface area contributed by atoms with Crippen molar-refractivity contribution >= 4 is 5.69 Å². The molecule has 0 saturated carbocycles. The summed E-state index contributed by atoms with van der Waals surface area (Å²) in [6.07, 6.45) is 13.1. The Balaban J connectivity index is 2.10. The van der Waals surface area contributed by atoms with Gasteiger partial charge in [0, 0.05) is 23.8 Å². The van der Waals surface area contributed by atoms with Crippen LogP contribution in [0.2, 0.25) is 0 Å². The molecule has 1 aliphatic carbocycles. The van der Waals surface area contributed by atoms with E-state index in [0.29, 0.717) is 18.0 Å². The van der Waals surface area contributed by atoms with Crippen molar-refractivity contribution in [3.8, 4) is 0 Å². The Labute approximate surface area is 179 Å². The van der Waals surface area contributed by atoms with Crippen LogP contribution in [0.4, 0.5) is 5.69 Å². The molecule has 1 aromatic carbocycles. The molecule has 2 atom stereocenters. The van der Waals surface area contributed by atoms with Gasteiger partial charge < -0.3 is 9.80 Å². The van der Waals surface area contributed by atoms with Crippen molar-refractivity contribution in [2.75, 3.05) is 4.90 Å². The quantitative estimate of drug-likeness (QED) is 0.476. The van der Waals surface area contributed by atoms with E-state index in [2.05, 4.69) is 94.9 Å². The van der Waals surface area contributed by atoms with Crippen LogP contribution < -0.4 is 4.90 Å². The molecule has 158 valence electrons. The molecule has 0 bridgehead atoms. The van der Waals surface area contributed by atoms with Crippen LogP contribution in [0.15, 0.2) is 53.5 Å². The van der Waals surface area contributed by atoms with Crippen molar-refractivity contribution in [1.29, 1.82) is 0 Å². The third-order valence-electron chi connectivity index (χ3n) is 6.54. The lowest BCUT2D eigenvalue weighted by molar-refractivity contribution is 0.287. The number of hydrogen-bond donors (Lipinski definition) is 0. The molecule has 0 saturated heterocycles. The van der Waals surface area contributed by atoms with E-state index in [1.54, 1.807) is 5.57 Å². The minimum atomic E-state index is 0.327. The van der Waals surface area contributed by atoms with Gasteiger partial charge in [0.05, 0.1) is 0 Å². The fourth-order valence-corrected chi connectivity index (χ4v) is 5.20. The molecule has 0 fully saturated rings. The highest BCUT2D eigenvalue weighted by Crippen LogP contribution is 2.41. The Bertz CT molecular complexity index is 790. The van der Waals surface area contributed by atoms with Crippen LogP contribution in [-0.4, -0.2) is 11.1 Å². The zero-order valence-electron chi connectivity index (χ0n) is 19.6. The number of allylic oxidation sites excluding steroid dienone is 3. The fourth-order valence-electron chi connectivity index (χ4n) is 5.20. The van der Waals surface area contributed by atoms with Crippen LogP contribution in [-0.2, 0) is 12.8 Å². The van der Waals surface area contributed by atoms with Crippen LogP contribution in [0.5, 0.6) is 0 Å². The average Bonchev–Trinajstić information content (AvgIpc) is 3.16. The predicted molar refractivity (Wildman–Crippen MR) is 127 cm³/mol. The largest absolute Gasteiger partial charge is 0.325 e. The summed E-state index contributed by atoms with van der Waals surface area (Å²) in [6, 6.07) is 6.83. The molecule has 2 unspecified atom stereocenters. The number of anilines is 1. The number of hydrogen-bond acceptors (Lipinski definition) is 2. The van der Waals surface area contributed by atoms with Gasteiger partial charge in [-0.25, -0.2) is 0 Å². The predicted octanol–water partition coefficient (Wildman–Crippen LogP) is 7.43. The highest BCUT2D eigenvalue weighted by Gasteiger charge is 2.36. The van der Waals surface area contributed by atoms with E-state index in [4.69, 9.17) is 0 Å². The van der Waals surface area contributed by atoms with Gasteiger partial charge in [-0.05, 0) is 66.2 Å². The van der Waals surface area contributed by atoms with Gasteiger partial charge >= 0.3 is 0 Å². The van der Waals surface area contributed by atoms with Crippen molar-refractivity contribution in [2.24, 2.45) is 11.8 Å². The normalized spacial score (nSPS) is 22.1. The highest BCUT2D eigenvalue weighted by molar-refractivity contribution is 5.64. The van der Waals surface area contributed by atoms with Crippen LogP contribution in [0.1, 0.15) is 78.9 Å². The first-order valence-electron chi connectivity index (χ1n) is 11.7. The van der Waals surface area contributed by atoms with Crippen molar-refractivity contribution in [2.45, 2.75) is 86.7 Å². The molecular weight excluding hydrogens is 352 g/mol. The van der Waals surface area contributed by atoms with Gasteiger partial charge in [0.15, 0.2) is 0 Å². The Kier molecular flexibility index (Phi) is 6.93. The zero-order chi connectivity index (χ0) is 21.1. The first-order valence-corrected chi connectivity index (χ1v) is 11.7. The van der Waals surface area contributed by atoms with Gasteiger partial charge in [-0.15, -0.1) is 0 Å². The SMILES string of the molecule is CCC1=CC(C)CC(CC)=C1N1C=CN(c2c(CC)cccc2CC)C1C(C)C. The Hall–Kier alpha value is -1.96. The molecule has 0 aromatic heterocycles. The van der Waals surface area contributed by atoms with Crippen LogP contribution in [0.3, 0.4) is 0 Å². The lowest BCUT2D eigenvalue weighted by Gasteiger charge is -2.41. The second-order valence-corrected chi connectivity index (χ2v) is 8.93. The Morgan fingerprint density at radius 2 is 1.52 bits per heavy atom. The molecular formula is C27H40N2. The van der Waals surface area contributed by atoms with Crippen LogP contribution in [0, 0.1) is 11.8 Å². The maximum atomic E-state index is 2.59. The van der Waals surface area contributed by atoms with Gasteiger partial charge in [0.2, 0.25) is 0 Å². The van der Waals surface area contributed by atoms with E-state index in [-0.39, 0.29) is 0 Å². The Morgan fingerprint density at radius 1 is 0.897 bits per heavy atom.